The molecule has 1 saturated carbocycles. The van der Waals surface area contributed by atoms with E-state index in [9.17, 15) is 5.11 Å². The van der Waals surface area contributed by atoms with Crippen molar-refractivity contribution in [3.8, 4) is 0 Å². The summed E-state index contributed by atoms with van der Waals surface area (Å²) in [4.78, 5) is 0. The quantitative estimate of drug-likeness (QED) is 0.874. The first kappa shape index (κ1) is 14.1. The highest BCUT2D eigenvalue weighted by Crippen LogP contribution is 2.35. The summed E-state index contributed by atoms with van der Waals surface area (Å²) in [5.41, 5.74) is 1.51. The number of hydrogen-bond donors (Lipinski definition) is 2. The highest BCUT2D eigenvalue weighted by molar-refractivity contribution is 7.17. The molecule has 1 aromatic heterocycles. The molecular formula is C17H23NOS. The maximum atomic E-state index is 9.73. The van der Waals surface area contributed by atoms with Crippen molar-refractivity contribution in [3.63, 3.8) is 0 Å². The van der Waals surface area contributed by atoms with Crippen molar-refractivity contribution in [1.29, 1.82) is 0 Å². The third kappa shape index (κ3) is 2.90. The lowest BCUT2D eigenvalue weighted by Gasteiger charge is -2.35. The van der Waals surface area contributed by atoms with Crippen molar-refractivity contribution in [2.24, 2.45) is 5.41 Å². The van der Waals surface area contributed by atoms with E-state index in [1.54, 1.807) is 0 Å². The second-order valence-electron chi connectivity index (χ2n) is 6.08. The number of aliphatic hydroxyl groups is 1. The van der Waals surface area contributed by atoms with Crippen molar-refractivity contribution >= 4 is 21.4 Å². The topological polar surface area (TPSA) is 32.3 Å². The normalized spacial score (nSPS) is 18.4. The van der Waals surface area contributed by atoms with Gasteiger partial charge < -0.3 is 10.4 Å². The Morgan fingerprint density at radius 3 is 2.75 bits per heavy atom. The molecule has 3 rings (SSSR count). The van der Waals surface area contributed by atoms with Crippen LogP contribution in [0.3, 0.4) is 0 Å². The minimum absolute atomic E-state index is 0.129. The molecule has 0 unspecified atom stereocenters. The van der Waals surface area contributed by atoms with E-state index in [-0.39, 0.29) is 5.41 Å². The Hall–Kier alpha value is -0.900. The summed E-state index contributed by atoms with van der Waals surface area (Å²) in [5.74, 6) is 0. The number of thiophene rings is 1. The van der Waals surface area contributed by atoms with Crippen LogP contribution >= 0.6 is 11.3 Å². The molecule has 0 radical (unpaired) electrons. The van der Waals surface area contributed by atoms with Gasteiger partial charge in [-0.15, -0.1) is 11.3 Å². The Kier molecular flexibility index (Phi) is 4.39. The van der Waals surface area contributed by atoms with Gasteiger partial charge in [-0.25, -0.2) is 0 Å². The predicted molar refractivity (Wildman–Crippen MR) is 86.1 cm³/mol. The van der Waals surface area contributed by atoms with E-state index in [0.717, 1.165) is 13.1 Å². The number of fused-ring (bicyclic) bond motifs is 1. The molecule has 1 fully saturated rings. The van der Waals surface area contributed by atoms with Crippen molar-refractivity contribution in [3.05, 3.63) is 35.2 Å². The van der Waals surface area contributed by atoms with E-state index >= 15 is 0 Å². The van der Waals surface area contributed by atoms with E-state index in [2.05, 4.69) is 35.0 Å². The lowest BCUT2D eigenvalue weighted by atomic mass is 9.74. The standard InChI is InChI=1S/C17H23NOS/c19-13-17(8-4-1-5-9-17)12-18-10-14-11-20-16-7-3-2-6-15(14)16/h2-3,6-7,11,18-19H,1,4-5,8-10,12-13H2. The first-order valence-corrected chi connectivity index (χ1v) is 8.48. The fourth-order valence-electron chi connectivity index (χ4n) is 3.32. The second kappa shape index (κ2) is 6.25. The molecule has 1 aromatic carbocycles. The van der Waals surface area contributed by atoms with Gasteiger partial charge >= 0.3 is 0 Å². The van der Waals surface area contributed by atoms with E-state index in [1.807, 2.05) is 11.3 Å². The summed E-state index contributed by atoms with van der Waals surface area (Å²) < 4.78 is 1.36. The molecule has 1 aliphatic carbocycles. The average Bonchev–Trinajstić information content (AvgIpc) is 2.92. The van der Waals surface area contributed by atoms with Crippen LogP contribution in [0.2, 0.25) is 0 Å². The minimum atomic E-state index is 0.129. The van der Waals surface area contributed by atoms with Crippen LogP contribution in [-0.2, 0) is 6.54 Å². The summed E-state index contributed by atoms with van der Waals surface area (Å²) in [6.45, 7) is 2.17. The Labute approximate surface area is 124 Å². The highest BCUT2D eigenvalue weighted by Gasteiger charge is 2.30. The zero-order valence-electron chi connectivity index (χ0n) is 11.9. The highest BCUT2D eigenvalue weighted by atomic mass is 32.1. The number of rotatable bonds is 5. The average molecular weight is 289 g/mol. The van der Waals surface area contributed by atoms with Gasteiger partial charge in [0.25, 0.3) is 0 Å². The number of nitrogens with one attached hydrogen (secondary N) is 1. The Morgan fingerprint density at radius 1 is 1.15 bits per heavy atom. The van der Waals surface area contributed by atoms with E-state index < -0.39 is 0 Å². The van der Waals surface area contributed by atoms with E-state index in [4.69, 9.17) is 0 Å². The third-order valence-electron chi connectivity index (χ3n) is 4.63. The monoisotopic (exact) mass is 289 g/mol. The largest absolute Gasteiger partial charge is 0.396 e. The number of hydrogen-bond acceptors (Lipinski definition) is 3. The first-order chi connectivity index (χ1) is 9.83. The van der Waals surface area contributed by atoms with Crippen molar-refractivity contribution in [2.75, 3.05) is 13.2 Å². The van der Waals surface area contributed by atoms with Gasteiger partial charge in [0.2, 0.25) is 0 Å². The van der Waals surface area contributed by atoms with Gasteiger partial charge in [0.1, 0.15) is 0 Å². The Bertz CT molecular complexity index is 557. The maximum absolute atomic E-state index is 9.73. The zero-order chi connectivity index (χ0) is 13.8. The third-order valence-corrected chi connectivity index (χ3v) is 5.64. The second-order valence-corrected chi connectivity index (χ2v) is 6.99. The number of aliphatic hydroxyl groups excluding tert-OH is 1. The Balaban J connectivity index is 1.62. The van der Waals surface area contributed by atoms with Gasteiger partial charge in [0.15, 0.2) is 0 Å². The summed E-state index contributed by atoms with van der Waals surface area (Å²) in [5, 5.41) is 16.9. The molecule has 2 aromatic rings. The lowest BCUT2D eigenvalue weighted by molar-refractivity contribution is 0.0811. The molecule has 2 nitrogen and oxygen atoms in total. The van der Waals surface area contributed by atoms with Gasteiger partial charge in [-0.1, -0.05) is 37.5 Å². The summed E-state index contributed by atoms with van der Waals surface area (Å²) in [6, 6.07) is 8.58. The first-order valence-electron chi connectivity index (χ1n) is 7.60. The molecule has 0 spiro atoms. The van der Waals surface area contributed by atoms with Crippen LogP contribution in [0.25, 0.3) is 10.1 Å². The van der Waals surface area contributed by atoms with Gasteiger partial charge in [-0.3, -0.25) is 0 Å². The predicted octanol–water partition coefficient (Wildman–Crippen LogP) is 3.93. The van der Waals surface area contributed by atoms with Crippen LogP contribution in [0.15, 0.2) is 29.6 Å². The Morgan fingerprint density at radius 2 is 1.95 bits per heavy atom. The van der Waals surface area contributed by atoms with E-state index in [0.29, 0.717) is 6.61 Å². The summed E-state index contributed by atoms with van der Waals surface area (Å²) in [7, 11) is 0. The molecule has 1 heterocycles. The lowest BCUT2D eigenvalue weighted by Crippen LogP contribution is -2.38. The van der Waals surface area contributed by atoms with Gasteiger partial charge in [0, 0.05) is 29.8 Å². The molecule has 0 atom stereocenters. The molecule has 1 aliphatic rings. The van der Waals surface area contributed by atoms with Gasteiger partial charge in [0.05, 0.1) is 0 Å². The number of benzene rings is 1. The maximum Gasteiger partial charge on any atom is 0.0499 e. The molecular weight excluding hydrogens is 266 g/mol. The van der Waals surface area contributed by atoms with Gasteiger partial charge in [-0.05, 0) is 35.2 Å². The minimum Gasteiger partial charge on any atom is -0.396 e. The molecule has 3 heteroatoms. The molecule has 108 valence electrons. The van der Waals surface area contributed by atoms with E-state index in [1.165, 1.54) is 47.8 Å². The fourth-order valence-corrected chi connectivity index (χ4v) is 4.29. The van der Waals surface area contributed by atoms with Crippen molar-refractivity contribution in [1.82, 2.24) is 5.32 Å². The van der Waals surface area contributed by atoms with Crippen LogP contribution in [0, 0.1) is 5.41 Å². The molecule has 0 amide bonds. The zero-order valence-corrected chi connectivity index (χ0v) is 12.7. The molecule has 20 heavy (non-hydrogen) atoms. The molecule has 0 saturated heterocycles. The molecule has 0 bridgehead atoms. The SMILES string of the molecule is OCC1(CNCc2csc3ccccc23)CCCCC1. The summed E-state index contributed by atoms with van der Waals surface area (Å²) >= 11 is 1.82. The van der Waals surface area contributed by atoms with Crippen LogP contribution in [-0.4, -0.2) is 18.3 Å². The van der Waals surface area contributed by atoms with Crippen LogP contribution < -0.4 is 5.32 Å². The molecule has 0 aliphatic heterocycles. The van der Waals surface area contributed by atoms with Crippen LogP contribution in [0.1, 0.15) is 37.7 Å². The molecule has 2 N–H and O–H groups in total. The van der Waals surface area contributed by atoms with Crippen molar-refractivity contribution in [2.45, 2.75) is 38.6 Å². The van der Waals surface area contributed by atoms with Crippen LogP contribution in [0.5, 0.6) is 0 Å². The smallest absolute Gasteiger partial charge is 0.0499 e. The summed E-state index contributed by atoms with van der Waals surface area (Å²) in [6.07, 6.45) is 6.20. The van der Waals surface area contributed by atoms with Gasteiger partial charge in [-0.2, -0.15) is 0 Å². The van der Waals surface area contributed by atoms with Crippen molar-refractivity contribution < 1.29 is 5.11 Å². The van der Waals surface area contributed by atoms with Crippen LogP contribution in [0.4, 0.5) is 0 Å². The fraction of sp³-hybridized carbons (Fsp3) is 0.529.